The molecule has 0 spiro atoms. The molecule has 5 nitrogen and oxygen atoms in total. The summed E-state index contributed by atoms with van der Waals surface area (Å²) in [7, 11) is 0. The molecule has 1 aromatic rings. The molecule has 0 aliphatic carbocycles. The number of morpholine rings is 1. The van der Waals surface area contributed by atoms with Crippen molar-refractivity contribution in [1.29, 1.82) is 0 Å². The number of hydrogen-bond acceptors (Lipinski definition) is 3. The number of carbonyl (C=O) groups excluding carboxylic acids is 2. The Kier molecular flexibility index (Phi) is 6.45. The monoisotopic (exact) mass is 344 g/mol. The van der Waals surface area contributed by atoms with Crippen LogP contribution in [0.15, 0.2) is 30.3 Å². The second-order valence-electron chi connectivity index (χ2n) is 6.98. The van der Waals surface area contributed by atoms with Gasteiger partial charge in [0.2, 0.25) is 11.8 Å². The van der Waals surface area contributed by atoms with Crippen molar-refractivity contribution in [3.05, 3.63) is 35.9 Å². The van der Waals surface area contributed by atoms with Crippen LogP contribution in [-0.4, -0.2) is 60.5 Å². The van der Waals surface area contributed by atoms with E-state index in [1.54, 1.807) is 4.90 Å². The normalized spacial score (nSPS) is 21.4. The zero-order valence-electron chi connectivity index (χ0n) is 14.9. The number of hydrogen-bond donors (Lipinski definition) is 0. The third-order valence-electron chi connectivity index (χ3n) is 5.07. The average Bonchev–Trinajstić information content (AvgIpc) is 2.65. The number of amides is 2. The summed E-state index contributed by atoms with van der Waals surface area (Å²) in [6, 6.07) is 10.5. The molecule has 0 aromatic heterocycles. The Morgan fingerprint density at radius 1 is 1.16 bits per heavy atom. The maximum atomic E-state index is 12.5. The highest BCUT2D eigenvalue weighted by molar-refractivity contribution is 5.85. The largest absolute Gasteiger partial charge is 0.375 e. The van der Waals surface area contributed by atoms with Crippen LogP contribution in [0.1, 0.15) is 37.7 Å². The summed E-state index contributed by atoms with van der Waals surface area (Å²) in [6.45, 7) is 2.83. The molecule has 25 heavy (non-hydrogen) atoms. The molecule has 0 N–H and O–H groups in total. The van der Waals surface area contributed by atoms with E-state index in [0.29, 0.717) is 26.1 Å². The first-order valence-corrected chi connectivity index (χ1v) is 9.43. The quantitative estimate of drug-likeness (QED) is 0.795. The van der Waals surface area contributed by atoms with Crippen molar-refractivity contribution < 1.29 is 14.3 Å². The summed E-state index contributed by atoms with van der Waals surface area (Å²) in [5.74, 6) is 0.180. The van der Waals surface area contributed by atoms with Crippen molar-refractivity contribution in [3.63, 3.8) is 0 Å². The fraction of sp³-hybridized carbons (Fsp3) is 0.600. The predicted octanol–water partition coefficient (Wildman–Crippen LogP) is 2.25. The summed E-state index contributed by atoms with van der Waals surface area (Å²) >= 11 is 0. The van der Waals surface area contributed by atoms with Gasteiger partial charge in [0, 0.05) is 26.1 Å². The Bertz CT molecular complexity index is 576. The van der Waals surface area contributed by atoms with E-state index < -0.39 is 0 Å². The molecular formula is C20H28N2O3. The molecule has 0 saturated carbocycles. The minimum absolute atomic E-state index is 0.0617. The molecule has 1 atom stereocenters. The Balaban J connectivity index is 1.42. The number of rotatable bonds is 6. The van der Waals surface area contributed by atoms with Gasteiger partial charge in [0.05, 0.1) is 19.3 Å². The topological polar surface area (TPSA) is 49.9 Å². The van der Waals surface area contributed by atoms with Gasteiger partial charge in [-0.15, -0.1) is 0 Å². The van der Waals surface area contributed by atoms with E-state index in [9.17, 15) is 9.59 Å². The smallest absolute Gasteiger partial charge is 0.242 e. The highest BCUT2D eigenvalue weighted by atomic mass is 16.5. The van der Waals surface area contributed by atoms with Crippen molar-refractivity contribution in [2.75, 3.05) is 32.8 Å². The zero-order valence-corrected chi connectivity index (χ0v) is 14.9. The van der Waals surface area contributed by atoms with Crippen LogP contribution in [0.4, 0.5) is 0 Å². The second-order valence-corrected chi connectivity index (χ2v) is 6.98. The Labute approximate surface area is 149 Å². The van der Waals surface area contributed by atoms with Crippen molar-refractivity contribution in [2.45, 2.75) is 44.6 Å². The van der Waals surface area contributed by atoms with Crippen molar-refractivity contribution in [3.8, 4) is 0 Å². The lowest BCUT2D eigenvalue weighted by Gasteiger charge is -2.35. The van der Waals surface area contributed by atoms with Crippen LogP contribution in [0.25, 0.3) is 0 Å². The number of carbonyl (C=O) groups is 2. The lowest BCUT2D eigenvalue weighted by Crippen LogP contribution is -2.50. The molecule has 2 aliphatic rings. The Morgan fingerprint density at radius 2 is 2.00 bits per heavy atom. The van der Waals surface area contributed by atoms with Gasteiger partial charge >= 0.3 is 0 Å². The third-order valence-corrected chi connectivity index (χ3v) is 5.07. The highest BCUT2D eigenvalue weighted by Gasteiger charge is 2.27. The van der Waals surface area contributed by atoms with Gasteiger partial charge in [-0.25, -0.2) is 0 Å². The zero-order chi connectivity index (χ0) is 17.5. The molecule has 2 fully saturated rings. The first-order chi connectivity index (χ1) is 12.2. The van der Waals surface area contributed by atoms with E-state index in [2.05, 4.69) is 24.3 Å². The minimum Gasteiger partial charge on any atom is -0.375 e. The number of aryl methyl sites for hydroxylation is 1. The van der Waals surface area contributed by atoms with Gasteiger partial charge in [-0.1, -0.05) is 30.3 Å². The van der Waals surface area contributed by atoms with Crippen molar-refractivity contribution >= 4 is 11.8 Å². The van der Waals surface area contributed by atoms with Crippen LogP contribution in [0.2, 0.25) is 0 Å². The molecule has 2 amide bonds. The van der Waals surface area contributed by atoms with Crippen molar-refractivity contribution in [1.82, 2.24) is 9.80 Å². The van der Waals surface area contributed by atoms with Crippen molar-refractivity contribution in [2.24, 2.45) is 0 Å². The summed E-state index contributed by atoms with van der Waals surface area (Å²) in [6.07, 6.45) is 5.70. The molecule has 0 bridgehead atoms. The van der Waals surface area contributed by atoms with Gasteiger partial charge in [0.15, 0.2) is 0 Å². The second kappa shape index (κ2) is 8.99. The molecule has 1 aromatic carbocycles. The fourth-order valence-electron chi connectivity index (χ4n) is 3.59. The highest BCUT2D eigenvalue weighted by Crippen LogP contribution is 2.15. The van der Waals surface area contributed by atoms with Crippen LogP contribution in [0.3, 0.4) is 0 Å². The molecule has 136 valence electrons. The SMILES string of the molecule is O=C1CCCCN1CC(=O)N1CCO[C@@H](CCCc2ccccc2)C1. The number of likely N-dealkylation sites (tertiary alicyclic amines) is 1. The Hall–Kier alpha value is -1.88. The maximum Gasteiger partial charge on any atom is 0.242 e. The standard InChI is InChI=1S/C20H28N2O3/c23-19-11-4-5-12-21(19)16-20(24)22-13-14-25-18(15-22)10-6-9-17-7-2-1-3-8-17/h1-3,7-8,18H,4-6,9-16H2/t18-/m0/s1. The number of benzene rings is 1. The number of nitrogens with zero attached hydrogens (tertiary/aromatic N) is 2. The maximum absolute atomic E-state index is 12.5. The number of ether oxygens (including phenoxy) is 1. The third kappa shape index (κ3) is 5.30. The van der Waals surface area contributed by atoms with E-state index in [-0.39, 0.29) is 24.5 Å². The first kappa shape index (κ1) is 17.9. The summed E-state index contributed by atoms with van der Waals surface area (Å²) < 4.78 is 5.83. The summed E-state index contributed by atoms with van der Waals surface area (Å²) in [5.41, 5.74) is 1.34. The molecule has 2 aliphatic heterocycles. The van der Waals surface area contributed by atoms with E-state index in [1.807, 2.05) is 11.0 Å². The van der Waals surface area contributed by atoms with Gasteiger partial charge in [-0.3, -0.25) is 9.59 Å². The van der Waals surface area contributed by atoms with Gasteiger partial charge in [0.1, 0.15) is 0 Å². The van der Waals surface area contributed by atoms with Crippen LogP contribution < -0.4 is 0 Å². The molecule has 2 heterocycles. The van der Waals surface area contributed by atoms with Gasteiger partial charge in [0.25, 0.3) is 0 Å². The average molecular weight is 344 g/mol. The summed E-state index contributed by atoms with van der Waals surface area (Å²) in [4.78, 5) is 28.0. The van der Waals surface area contributed by atoms with Gasteiger partial charge in [-0.05, 0) is 37.7 Å². The minimum atomic E-state index is 0.0617. The predicted molar refractivity (Wildman–Crippen MR) is 96.1 cm³/mol. The molecule has 0 unspecified atom stereocenters. The van der Waals surface area contributed by atoms with E-state index >= 15 is 0 Å². The van der Waals surface area contributed by atoms with E-state index in [1.165, 1.54) is 5.56 Å². The lowest BCUT2D eigenvalue weighted by molar-refractivity contribution is -0.146. The van der Waals surface area contributed by atoms with Crippen LogP contribution in [0, 0.1) is 0 Å². The molecular weight excluding hydrogens is 316 g/mol. The molecule has 0 radical (unpaired) electrons. The van der Waals surface area contributed by atoms with Crippen LogP contribution >= 0.6 is 0 Å². The van der Waals surface area contributed by atoms with E-state index in [4.69, 9.17) is 4.74 Å². The Morgan fingerprint density at radius 3 is 2.80 bits per heavy atom. The summed E-state index contributed by atoms with van der Waals surface area (Å²) in [5, 5.41) is 0. The number of piperidine rings is 1. The molecule has 2 saturated heterocycles. The molecule has 5 heteroatoms. The van der Waals surface area contributed by atoms with Crippen LogP contribution in [0.5, 0.6) is 0 Å². The van der Waals surface area contributed by atoms with Gasteiger partial charge < -0.3 is 14.5 Å². The molecule has 3 rings (SSSR count). The first-order valence-electron chi connectivity index (χ1n) is 9.43. The van der Waals surface area contributed by atoms with E-state index in [0.717, 1.165) is 38.6 Å². The fourth-order valence-corrected chi connectivity index (χ4v) is 3.59. The van der Waals surface area contributed by atoms with Crippen LogP contribution in [-0.2, 0) is 20.7 Å². The lowest BCUT2D eigenvalue weighted by atomic mass is 10.0. The van der Waals surface area contributed by atoms with Gasteiger partial charge in [-0.2, -0.15) is 0 Å².